The van der Waals surface area contributed by atoms with E-state index < -0.39 is 0 Å². The average molecular weight is 362 g/mol. The minimum atomic E-state index is 0.525. The van der Waals surface area contributed by atoms with Gasteiger partial charge in [-0.1, -0.05) is 6.07 Å². The molecular formula is C21H26N6. The van der Waals surface area contributed by atoms with Crippen molar-refractivity contribution in [1.82, 2.24) is 24.4 Å². The van der Waals surface area contributed by atoms with Crippen molar-refractivity contribution >= 4 is 11.6 Å². The normalized spacial score (nSPS) is 17.8. The molecule has 1 fully saturated rings. The van der Waals surface area contributed by atoms with Gasteiger partial charge in [0.05, 0.1) is 12.0 Å². The van der Waals surface area contributed by atoms with Crippen molar-refractivity contribution in [3.8, 4) is 0 Å². The Balaban J connectivity index is 1.44. The number of pyridine rings is 2. The number of hydrogen-bond donors (Lipinski definition) is 1. The molecular weight excluding hydrogens is 336 g/mol. The first kappa shape index (κ1) is 17.7. The third-order valence-electron chi connectivity index (χ3n) is 5.05. The van der Waals surface area contributed by atoms with Gasteiger partial charge < -0.3 is 9.88 Å². The molecule has 140 valence electrons. The number of nitrogens with zero attached hydrogens (tertiary/aromatic N) is 5. The maximum absolute atomic E-state index is 4.50. The van der Waals surface area contributed by atoms with Crippen LogP contribution in [-0.2, 0) is 13.6 Å². The molecule has 3 aromatic heterocycles. The van der Waals surface area contributed by atoms with Crippen molar-refractivity contribution in [1.29, 1.82) is 0 Å². The third kappa shape index (κ3) is 4.52. The minimum Gasteiger partial charge on any atom is -0.340 e. The lowest BCUT2D eigenvalue weighted by Gasteiger charge is -2.32. The van der Waals surface area contributed by atoms with E-state index in [1.807, 2.05) is 49.3 Å². The number of anilines is 2. The Labute approximate surface area is 160 Å². The van der Waals surface area contributed by atoms with Gasteiger partial charge in [-0.15, -0.1) is 0 Å². The minimum absolute atomic E-state index is 0.525. The Morgan fingerprint density at radius 3 is 2.93 bits per heavy atom. The molecule has 1 aliphatic rings. The molecule has 0 aliphatic carbocycles. The summed E-state index contributed by atoms with van der Waals surface area (Å²) in [6, 6.07) is 10.3. The molecule has 1 aliphatic heterocycles. The van der Waals surface area contributed by atoms with Gasteiger partial charge >= 0.3 is 0 Å². The first-order chi connectivity index (χ1) is 13.2. The fourth-order valence-corrected chi connectivity index (χ4v) is 3.76. The molecule has 0 bridgehead atoms. The Hall–Kier alpha value is -2.73. The summed E-state index contributed by atoms with van der Waals surface area (Å²) in [4.78, 5) is 16.0. The molecule has 27 heavy (non-hydrogen) atoms. The lowest BCUT2D eigenvalue weighted by molar-refractivity contribution is 0.198. The Kier molecular flexibility index (Phi) is 5.16. The highest BCUT2D eigenvalue weighted by molar-refractivity contribution is 5.52. The van der Waals surface area contributed by atoms with E-state index in [4.69, 9.17) is 0 Å². The number of rotatable bonds is 5. The van der Waals surface area contributed by atoms with Gasteiger partial charge in [0.1, 0.15) is 11.6 Å². The molecule has 1 N–H and O–H groups in total. The zero-order chi connectivity index (χ0) is 18.6. The second kappa shape index (κ2) is 7.88. The number of hydrogen-bond acceptors (Lipinski definition) is 5. The fourth-order valence-electron chi connectivity index (χ4n) is 3.76. The van der Waals surface area contributed by atoms with Crippen LogP contribution in [0.25, 0.3) is 0 Å². The first-order valence-corrected chi connectivity index (χ1v) is 9.51. The number of nitrogens with one attached hydrogen (secondary N) is 1. The average Bonchev–Trinajstić information content (AvgIpc) is 3.07. The Morgan fingerprint density at radius 1 is 1.19 bits per heavy atom. The summed E-state index contributed by atoms with van der Waals surface area (Å²) in [6.07, 6.45) is 8.29. The van der Waals surface area contributed by atoms with Crippen molar-refractivity contribution in [2.24, 2.45) is 7.05 Å². The lowest BCUT2D eigenvalue weighted by atomic mass is 9.91. The van der Waals surface area contributed by atoms with E-state index in [0.717, 1.165) is 42.7 Å². The van der Waals surface area contributed by atoms with E-state index >= 15 is 0 Å². The smallest absolute Gasteiger partial charge is 0.131 e. The molecule has 0 spiro atoms. The van der Waals surface area contributed by atoms with Crippen molar-refractivity contribution in [2.75, 3.05) is 18.4 Å². The van der Waals surface area contributed by atoms with Gasteiger partial charge in [-0.05, 0) is 62.1 Å². The molecule has 0 aromatic carbocycles. The lowest BCUT2D eigenvalue weighted by Crippen LogP contribution is -2.34. The Bertz CT molecular complexity index is 903. The number of aryl methyl sites for hydroxylation is 2. The van der Waals surface area contributed by atoms with Crippen molar-refractivity contribution in [2.45, 2.75) is 32.2 Å². The van der Waals surface area contributed by atoms with Crippen LogP contribution in [0.3, 0.4) is 0 Å². The van der Waals surface area contributed by atoms with E-state index in [2.05, 4.69) is 43.5 Å². The summed E-state index contributed by atoms with van der Waals surface area (Å²) in [5, 5.41) is 3.33. The SMILES string of the molecule is Cc1cccc(Nc2cc([C@H]3CCCN(Cc4cn(C)cn4)C3)ccn2)n1. The van der Waals surface area contributed by atoms with Crippen LogP contribution >= 0.6 is 0 Å². The number of imidazole rings is 1. The monoisotopic (exact) mass is 362 g/mol. The number of likely N-dealkylation sites (tertiary alicyclic amines) is 1. The maximum Gasteiger partial charge on any atom is 0.131 e. The van der Waals surface area contributed by atoms with E-state index in [-0.39, 0.29) is 0 Å². The van der Waals surface area contributed by atoms with Gasteiger partial charge in [0, 0.05) is 38.2 Å². The van der Waals surface area contributed by atoms with Crippen LogP contribution < -0.4 is 5.32 Å². The molecule has 0 saturated carbocycles. The number of piperidine rings is 1. The number of aromatic nitrogens is 4. The van der Waals surface area contributed by atoms with Gasteiger partial charge in [0.15, 0.2) is 0 Å². The molecule has 0 unspecified atom stereocenters. The van der Waals surface area contributed by atoms with Crippen LogP contribution in [0, 0.1) is 6.92 Å². The van der Waals surface area contributed by atoms with E-state index in [9.17, 15) is 0 Å². The molecule has 1 atom stereocenters. The van der Waals surface area contributed by atoms with Gasteiger partial charge in [-0.25, -0.2) is 15.0 Å². The van der Waals surface area contributed by atoms with Crippen molar-refractivity contribution in [3.63, 3.8) is 0 Å². The Morgan fingerprint density at radius 2 is 2.11 bits per heavy atom. The standard InChI is InChI=1S/C21H26N6/c1-16-5-3-7-20(24-16)25-21-11-17(8-9-22-21)18-6-4-10-27(12-18)14-19-13-26(2)15-23-19/h3,5,7-9,11,13,15,18H,4,6,10,12,14H2,1-2H3,(H,22,24,25)/t18-/m0/s1. The molecule has 4 heterocycles. The summed E-state index contributed by atoms with van der Waals surface area (Å²) in [7, 11) is 2.02. The van der Waals surface area contributed by atoms with Crippen LogP contribution in [0.4, 0.5) is 11.6 Å². The predicted molar refractivity (Wildman–Crippen MR) is 107 cm³/mol. The molecule has 6 heteroatoms. The molecule has 1 saturated heterocycles. The summed E-state index contributed by atoms with van der Waals surface area (Å²) < 4.78 is 2.01. The zero-order valence-electron chi connectivity index (χ0n) is 16.0. The largest absolute Gasteiger partial charge is 0.340 e. The maximum atomic E-state index is 4.50. The molecule has 0 amide bonds. The van der Waals surface area contributed by atoms with Crippen LogP contribution in [0.5, 0.6) is 0 Å². The highest BCUT2D eigenvalue weighted by Crippen LogP contribution is 2.29. The van der Waals surface area contributed by atoms with E-state index in [1.165, 1.54) is 18.4 Å². The highest BCUT2D eigenvalue weighted by Gasteiger charge is 2.22. The summed E-state index contributed by atoms with van der Waals surface area (Å²) in [5.41, 5.74) is 3.47. The van der Waals surface area contributed by atoms with Gasteiger partial charge in [0.2, 0.25) is 0 Å². The van der Waals surface area contributed by atoms with E-state index in [1.54, 1.807) is 0 Å². The van der Waals surface area contributed by atoms with E-state index in [0.29, 0.717) is 5.92 Å². The molecule has 0 radical (unpaired) electrons. The van der Waals surface area contributed by atoms with Crippen LogP contribution in [0.15, 0.2) is 49.1 Å². The topological polar surface area (TPSA) is 58.9 Å². The van der Waals surface area contributed by atoms with Crippen LogP contribution in [0.1, 0.15) is 35.7 Å². The predicted octanol–water partition coefficient (Wildman–Crippen LogP) is 3.64. The quantitative estimate of drug-likeness (QED) is 0.751. The summed E-state index contributed by atoms with van der Waals surface area (Å²) in [6.45, 7) is 5.10. The molecule has 6 nitrogen and oxygen atoms in total. The van der Waals surface area contributed by atoms with Crippen molar-refractivity contribution in [3.05, 3.63) is 66.0 Å². The van der Waals surface area contributed by atoms with Gasteiger partial charge in [0.25, 0.3) is 0 Å². The summed E-state index contributed by atoms with van der Waals surface area (Å²) in [5.74, 6) is 2.21. The fraction of sp³-hybridized carbons (Fsp3) is 0.381. The van der Waals surface area contributed by atoms with Gasteiger partial charge in [-0.3, -0.25) is 4.90 Å². The van der Waals surface area contributed by atoms with Gasteiger partial charge in [-0.2, -0.15) is 0 Å². The van der Waals surface area contributed by atoms with Crippen molar-refractivity contribution < 1.29 is 0 Å². The third-order valence-corrected chi connectivity index (χ3v) is 5.05. The second-order valence-corrected chi connectivity index (χ2v) is 7.37. The van der Waals surface area contributed by atoms with Crippen LogP contribution in [-0.4, -0.2) is 37.5 Å². The molecule has 4 rings (SSSR count). The molecule has 3 aromatic rings. The zero-order valence-corrected chi connectivity index (χ0v) is 16.0. The first-order valence-electron chi connectivity index (χ1n) is 9.51. The van der Waals surface area contributed by atoms with Crippen LogP contribution in [0.2, 0.25) is 0 Å². The summed E-state index contributed by atoms with van der Waals surface area (Å²) >= 11 is 0. The second-order valence-electron chi connectivity index (χ2n) is 7.37. The highest BCUT2D eigenvalue weighted by atomic mass is 15.1.